The van der Waals surface area contributed by atoms with Crippen molar-refractivity contribution in [3.8, 4) is 0 Å². The molecule has 1 unspecified atom stereocenters. The Morgan fingerprint density at radius 3 is 2.70 bits per heavy atom. The van der Waals surface area contributed by atoms with Crippen LogP contribution in [0.15, 0.2) is 16.5 Å². The lowest BCUT2D eigenvalue weighted by Gasteiger charge is -2.10. The molecule has 0 saturated carbocycles. The smallest absolute Gasteiger partial charge is 0.265 e. The van der Waals surface area contributed by atoms with E-state index in [9.17, 15) is 4.79 Å². The first-order chi connectivity index (χ1) is 9.38. The summed E-state index contributed by atoms with van der Waals surface area (Å²) in [6, 6.07) is 3.49. The molecule has 108 valence electrons. The van der Waals surface area contributed by atoms with Gasteiger partial charge in [0.05, 0.1) is 6.04 Å². The number of anilines is 2. The quantitative estimate of drug-likeness (QED) is 0.903. The molecule has 20 heavy (non-hydrogen) atoms. The maximum atomic E-state index is 12.2. The van der Waals surface area contributed by atoms with Gasteiger partial charge in [0.2, 0.25) is 0 Å². The number of carbonyl (C=O) groups excluding carboxylic acids is 1. The van der Waals surface area contributed by atoms with E-state index in [0.717, 1.165) is 5.76 Å². The third-order valence-electron chi connectivity index (χ3n) is 2.77. The van der Waals surface area contributed by atoms with Crippen LogP contribution < -0.4 is 16.0 Å². The molecule has 0 bridgehead atoms. The summed E-state index contributed by atoms with van der Waals surface area (Å²) in [5, 5.41) is 3.56. The van der Waals surface area contributed by atoms with Crippen LogP contribution in [0.4, 0.5) is 10.9 Å². The number of furan rings is 1. The minimum atomic E-state index is -0.241. The Labute approximate surface area is 121 Å². The van der Waals surface area contributed by atoms with E-state index in [0.29, 0.717) is 15.8 Å². The van der Waals surface area contributed by atoms with Crippen LogP contribution in [-0.2, 0) is 0 Å². The number of aryl methyl sites for hydroxylation is 1. The van der Waals surface area contributed by atoms with Gasteiger partial charge >= 0.3 is 0 Å². The molecule has 0 radical (unpaired) electrons. The molecule has 2 aromatic rings. The first-order valence-electron chi connectivity index (χ1n) is 6.19. The molecular weight excluding hydrogens is 276 g/mol. The van der Waals surface area contributed by atoms with Crippen molar-refractivity contribution in [2.24, 2.45) is 0 Å². The van der Waals surface area contributed by atoms with Crippen LogP contribution in [0.25, 0.3) is 0 Å². The fourth-order valence-corrected chi connectivity index (χ4v) is 2.50. The van der Waals surface area contributed by atoms with Crippen molar-refractivity contribution in [3.05, 3.63) is 28.5 Å². The lowest BCUT2D eigenvalue weighted by Crippen LogP contribution is -2.26. The molecule has 0 aromatic carbocycles. The van der Waals surface area contributed by atoms with Gasteiger partial charge in [-0.15, -0.1) is 0 Å². The number of nitrogen functional groups attached to an aromatic ring is 1. The Balaban J connectivity index is 2.12. The average Bonchev–Trinajstić information content (AvgIpc) is 2.95. The Morgan fingerprint density at radius 2 is 2.20 bits per heavy atom. The van der Waals surface area contributed by atoms with Crippen LogP contribution >= 0.6 is 11.3 Å². The molecule has 7 heteroatoms. The fourth-order valence-electron chi connectivity index (χ4n) is 1.69. The Hall–Kier alpha value is -2.02. The molecule has 2 rings (SSSR count). The van der Waals surface area contributed by atoms with Crippen LogP contribution in [0.5, 0.6) is 0 Å². The van der Waals surface area contributed by atoms with E-state index in [1.54, 1.807) is 0 Å². The SMILES string of the molecule is Cc1ccc(C(C)NC(=O)c2sc(N(C)C)nc2N)o1. The van der Waals surface area contributed by atoms with Gasteiger partial charge in [0.25, 0.3) is 5.91 Å². The van der Waals surface area contributed by atoms with Gasteiger partial charge in [0, 0.05) is 14.1 Å². The largest absolute Gasteiger partial charge is 0.464 e. The minimum Gasteiger partial charge on any atom is -0.464 e. The minimum absolute atomic E-state index is 0.222. The second-order valence-corrected chi connectivity index (χ2v) is 5.73. The predicted octanol–water partition coefficient (Wildman–Crippen LogP) is 2.18. The summed E-state index contributed by atoms with van der Waals surface area (Å²) >= 11 is 1.27. The van der Waals surface area contributed by atoms with E-state index in [2.05, 4.69) is 10.3 Å². The molecule has 0 aliphatic rings. The summed E-state index contributed by atoms with van der Waals surface area (Å²) in [6.45, 7) is 3.73. The summed E-state index contributed by atoms with van der Waals surface area (Å²) < 4.78 is 5.49. The van der Waals surface area contributed by atoms with Crippen LogP contribution in [0.3, 0.4) is 0 Å². The zero-order chi connectivity index (χ0) is 14.9. The summed E-state index contributed by atoms with van der Waals surface area (Å²) in [7, 11) is 3.71. The van der Waals surface area contributed by atoms with Crippen molar-refractivity contribution in [2.45, 2.75) is 19.9 Å². The number of hydrogen-bond donors (Lipinski definition) is 2. The van der Waals surface area contributed by atoms with Crippen molar-refractivity contribution >= 4 is 28.2 Å². The molecule has 3 N–H and O–H groups in total. The number of nitrogens with one attached hydrogen (secondary N) is 1. The Morgan fingerprint density at radius 1 is 1.50 bits per heavy atom. The standard InChI is InChI=1S/C13H18N4O2S/c1-7-5-6-9(19-7)8(2)15-12(18)10-11(14)16-13(20-10)17(3)4/h5-6,8H,14H2,1-4H3,(H,15,18). The number of nitrogens with two attached hydrogens (primary N) is 1. The number of nitrogens with zero attached hydrogens (tertiary/aromatic N) is 2. The van der Waals surface area contributed by atoms with Gasteiger partial charge in [-0.1, -0.05) is 11.3 Å². The fraction of sp³-hybridized carbons (Fsp3) is 0.385. The van der Waals surface area contributed by atoms with E-state index < -0.39 is 0 Å². The lowest BCUT2D eigenvalue weighted by atomic mass is 10.2. The van der Waals surface area contributed by atoms with Gasteiger partial charge < -0.3 is 20.4 Å². The topological polar surface area (TPSA) is 84.4 Å². The van der Waals surface area contributed by atoms with E-state index in [-0.39, 0.29) is 17.8 Å². The third kappa shape index (κ3) is 2.93. The molecule has 1 amide bonds. The molecular formula is C13H18N4O2S. The van der Waals surface area contributed by atoms with Crippen LogP contribution in [0, 0.1) is 6.92 Å². The van der Waals surface area contributed by atoms with Crippen molar-refractivity contribution in [3.63, 3.8) is 0 Å². The summed E-state index contributed by atoms with van der Waals surface area (Å²) in [5.74, 6) is 1.54. The predicted molar refractivity (Wildman–Crippen MR) is 80.2 cm³/mol. The summed E-state index contributed by atoms with van der Waals surface area (Å²) in [5.41, 5.74) is 5.79. The highest BCUT2D eigenvalue weighted by molar-refractivity contribution is 7.18. The lowest BCUT2D eigenvalue weighted by molar-refractivity contribution is 0.0940. The van der Waals surface area contributed by atoms with Crippen molar-refractivity contribution < 1.29 is 9.21 Å². The number of amides is 1. The van der Waals surface area contributed by atoms with Gasteiger partial charge in [-0.3, -0.25) is 4.79 Å². The summed E-state index contributed by atoms with van der Waals surface area (Å²) in [4.78, 5) is 18.6. The Kier molecular flexibility index (Phi) is 3.99. The van der Waals surface area contributed by atoms with E-state index in [1.165, 1.54) is 11.3 Å². The maximum absolute atomic E-state index is 12.2. The maximum Gasteiger partial charge on any atom is 0.265 e. The highest BCUT2D eigenvalue weighted by atomic mass is 32.1. The third-order valence-corrected chi connectivity index (χ3v) is 4.00. The monoisotopic (exact) mass is 294 g/mol. The van der Waals surface area contributed by atoms with Crippen molar-refractivity contribution in [2.75, 3.05) is 24.7 Å². The molecule has 0 fully saturated rings. The molecule has 0 aliphatic heterocycles. The molecule has 2 aromatic heterocycles. The second kappa shape index (κ2) is 5.54. The van der Waals surface area contributed by atoms with E-state index in [1.807, 2.05) is 45.0 Å². The number of carbonyl (C=O) groups is 1. The zero-order valence-corrected chi connectivity index (χ0v) is 12.7. The molecule has 0 aliphatic carbocycles. The van der Waals surface area contributed by atoms with E-state index in [4.69, 9.17) is 10.2 Å². The van der Waals surface area contributed by atoms with E-state index >= 15 is 0 Å². The second-order valence-electron chi connectivity index (χ2n) is 4.75. The average molecular weight is 294 g/mol. The molecule has 0 saturated heterocycles. The zero-order valence-electron chi connectivity index (χ0n) is 11.9. The van der Waals surface area contributed by atoms with Crippen molar-refractivity contribution in [1.82, 2.24) is 10.3 Å². The van der Waals surface area contributed by atoms with Crippen LogP contribution in [0.2, 0.25) is 0 Å². The highest BCUT2D eigenvalue weighted by Gasteiger charge is 2.20. The summed E-state index contributed by atoms with van der Waals surface area (Å²) in [6.07, 6.45) is 0. The van der Waals surface area contributed by atoms with Gasteiger partial charge in [0.15, 0.2) is 5.13 Å². The highest BCUT2D eigenvalue weighted by Crippen LogP contribution is 2.27. The molecule has 6 nitrogen and oxygen atoms in total. The van der Waals surface area contributed by atoms with Gasteiger partial charge in [-0.2, -0.15) is 0 Å². The van der Waals surface area contributed by atoms with Gasteiger partial charge in [-0.05, 0) is 26.0 Å². The molecule has 1 atom stereocenters. The molecule has 0 spiro atoms. The van der Waals surface area contributed by atoms with Crippen LogP contribution in [0.1, 0.15) is 34.2 Å². The van der Waals surface area contributed by atoms with Crippen molar-refractivity contribution in [1.29, 1.82) is 0 Å². The van der Waals surface area contributed by atoms with Gasteiger partial charge in [0.1, 0.15) is 22.2 Å². The van der Waals surface area contributed by atoms with Crippen LogP contribution in [-0.4, -0.2) is 25.0 Å². The first-order valence-corrected chi connectivity index (χ1v) is 7.01. The molecule has 2 heterocycles. The number of thiazole rings is 1. The number of rotatable bonds is 4. The Bertz CT molecular complexity index is 618. The normalized spacial score (nSPS) is 12.2. The number of hydrogen-bond acceptors (Lipinski definition) is 6. The first kappa shape index (κ1) is 14.4. The van der Waals surface area contributed by atoms with Gasteiger partial charge in [-0.25, -0.2) is 4.98 Å². The number of aromatic nitrogens is 1.